The van der Waals surface area contributed by atoms with Crippen LogP contribution in [0, 0.1) is 11.8 Å². The minimum absolute atomic E-state index is 0. The number of benzene rings is 2. The maximum Gasteiger partial charge on any atom is 2.00 e. The quantitative estimate of drug-likeness (QED) is 0.343. The average molecular weight is 446 g/mol. The molecule has 2 atom stereocenters. The summed E-state index contributed by atoms with van der Waals surface area (Å²) in [4.78, 5) is 44.4. The molecule has 0 bridgehead atoms. The van der Waals surface area contributed by atoms with Crippen LogP contribution >= 0.6 is 0 Å². The molecule has 0 saturated carbocycles. The fraction of sp³-hybridized carbons (Fsp3) is 0.273. The van der Waals surface area contributed by atoms with Gasteiger partial charge < -0.3 is 19.8 Å². The third kappa shape index (κ3) is 8.02. The fourth-order valence-electron chi connectivity index (χ4n) is 2.53. The van der Waals surface area contributed by atoms with Gasteiger partial charge in [-0.3, -0.25) is 9.59 Å². The summed E-state index contributed by atoms with van der Waals surface area (Å²) >= 11 is 0. The van der Waals surface area contributed by atoms with Crippen molar-refractivity contribution in [2.75, 3.05) is 0 Å². The van der Waals surface area contributed by atoms with Crippen LogP contribution in [0.15, 0.2) is 60.7 Å². The molecule has 0 saturated heterocycles. The summed E-state index contributed by atoms with van der Waals surface area (Å²) in [7, 11) is 0. The minimum Gasteiger partial charge on any atom is -0.549 e. The van der Waals surface area contributed by atoms with Crippen molar-refractivity contribution >= 4 is 23.5 Å². The SMILES string of the molecule is CCC(C(=O)[O-])C(=O)c1ccccc1.CCC(C(=O)[O-])C(=O)c1ccccc1.[Cu+2]. The van der Waals surface area contributed by atoms with Crippen molar-refractivity contribution in [3.63, 3.8) is 0 Å². The number of ketones is 2. The maximum atomic E-state index is 11.6. The number of hydrogen-bond donors (Lipinski definition) is 0. The molecule has 0 heterocycles. The molecular weight excluding hydrogens is 424 g/mol. The first-order chi connectivity index (χ1) is 13.3. The second-order valence-corrected chi connectivity index (χ2v) is 6.02. The Hall–Kier alpha value is -2.76. The molecule has 0 aliphatic carbocycles. The van der Waals surface area contributed by atoms with Crippen LogP contribution in [0.3, 0.4) is 0 Å². The van der Waals surface area contributed by atoms with Crippen molar-refractivity contribution in [1.29, 1.82) is 0 Å². The van der Waals surface area contributed by atoms with E-state index < -0.39 is 23.8 Å². The Morgan fingerprint density at radius 1 is 0.655 bits per heavy atom. The first-order valence-electron chi connectivity index (χ1n) is 8.93. The van der Waals surface area contributed by atoms with E-state index in [1.54, 1.807) is 74.5 Å². The Labute approximate surface area is 180 Å². The van der Waals surface area contributed by atoms with E-state index in [4.69, 9.17) is 0 Å². The first-order valence-corrected chi connectivity index (χ1v) is 8.93. The number of carboxylic acids is 2. The number of Topliss-reactive ketones (excluding diaryl/α,β-unsaturated/α-hetero) is 2. The zero-order chi connectivity index (χ0) is 21.1. The van der Waals surface area contributed by atoms with Gasteiger partial charge >= 0.3 is 17.1 Å². The standard InChI is InChI=1S/2C11H12O3.Cu/c2*1-2-9(11(13)14)10(12)8-6-4-3-5-7-8;/h2*3-7,9H,2H2,1H3,(H,13,14);/q;;+2/p-2. The second-order valence-electron chi connectivity index (χ2n) is 6.02. The van der Waals surface area contributed by atoms with E-state index >= 15 is 0 Å². The molecule has 1 radical (unpaired) electrons. The number of carbonyl (C=O) groups is 4. The topological polar surface area (TPSA) is 114 Å². The van der Waals surface area contributed by atoms with Crippen LogP contribution in [0.2, 0.25) is 0 Å². The molecule has 0 aliphatic rings. The van der Waals surface area contributed by atoms with Crippen molar-refractivity contribution < 1.29 is 46.5 Å². The van der Waals surface area contributed by atoms with Crippen LogP contribution < -0.4 is 10.2 Å². The van der Waals surface area contributed by atoms with Crippen molar-refractivity contribution in [2.24, 2.45) is 11.8 Å². The van der Waals surface area contributed by atoms with Crippen LogP contribution in [-0.4, -0.2) is 23.5 Å². The van der Waals surface area contributed by atoms with Gasteiger partial charge in [0.25, 0.3) is 0 Å². The van der Waals surface area contributed by atoms with Gasteiger partial charge in [0.05, 0.1) is 23.8 Å². The predicted octanol–water partition coefficient (Wildman–Crippen LogP) is 1.29. The summed E-state index contributed by atoms with van der Waals surface area (Å²) < 4.78 is 0. The van der Waals surface area contributed by atoms with E-state index in [1.165, 1.54) is 0 Å². The van der Waals surface area contributed by atoms with Crippen LogP contribution in [0.5, 0.6) is 0 Å². The molecule has 2 unspecified atom stereocenters. The second kappa shape index (κ2) is 13.4. The Balaban J connectivity index is 0.000000523. The summed E-state index contributed by atoms with van der Waals surface area (Å²) in [6.07, 6.45) is 0.520. The largest absolute Gasteiger partial charge is 2.00 e. The molecule has 2 aromatic carbocycles. The summed E-state index contributed by atoms with van der Waals surface area (Å²) in [5, 5.41) is 21.2. The molecule has 6 nitrogen and oxygen atoms in total. The molecule has 0 aliphatic heterocycles. The molecule has 0 aromatic heterocycles. The van der Waals surface area contributed by atoms with Gasteiger partial charge in [-0.2, -0.15) is 0 Å². The van der Waals surface area contributed by atoms with Gasteiger partial charge in [0.2, 0.25) is 0 Å². The molecular formula is C22H22CuO6. The molecule has 7 heteroatoms. The van der Waals surface area contributed by atoms with Gasteiger partial charge in [-0.25, -0.2) is 0 Å². The summed E-state index contributed by atoms with van der Waals surface area (Å²) in [5.74, 6) is -5.43. The van der Waals surface area contributed by atoms with Gasteiger partial charge in [0.1, 0.15) is 0 Å². The monoisotopic (exact) mass is 445 g/mol. The van der Waals surface area contributed by atoms with Crippen molar-refractivity contribution in [1.82, 2.24) is 0 Å². The Kier molecular flexibility index (Phi) is 12.1. The smallest absolute Gasteiger partial charge is 0.549 e. The van der Waals surface area contributed by atoms with E-state index in [-0.39, 0.29) is 41.5 Å². The van der Waals surface area contributed by atoms with E-state index in [0.717, 1.165) is 0 Å². The normalized spacial score (nSPS) is 11.7. The first kappa shape index (κ1) is 26.2. The predicted molar refractivity (Wildman–Crippen MR) is 99.1 cm³/mol. The van der Waals surface area contributed by atoms with E-state index in [0.29, 0.717) is 11.1 Å². The zero-order valence-corrected chi connectivity index (χ0v) is 17.0. The third-order valence-corrected chi connectivity index (χ3v) is 4.14. The van der Waals surface area contributed by atoms with Crippen LogP contribution in [0.25, 0.3) is 0 Å². The fourth-order valence-corrected chi connectivity index (χ4v) is 2.53. The summed E-state index contributed by atoms with van der Waals surface area (Å²) in [6, 6.07) is 16.8. The van der Waals surface area contributed by atoms with Gasteiger partial charge in [-0.1, -0.05) is 74.5 Å². The van der Waals surface area contributed by atoms with Gasteiger partial charge in [0, 0.05) is 11.1 Å². The summed E-state index contributed by atoms with van der Waals surface area (Å²) in [6.45, 7) is 3.31. The Morgan fingerprint density at radius 2 is 0.931 bits per heavy atom. The molecule has 2 rings (SSSR count). The molecule has 0 N–H and O–H groups in total. The minimum atomic E-state index is -1.30. The average Bonchev–Trinajstić information content (AvgIpc) is 2.70. The molecule has 157 valence electrons. The molecule has 29 heavy (non-hydrogen) atoms. The Bertz CT molecular complexity index is 735. The number of rotatable bonds is 8. The molecule has 2 aromatic rings. The molecule has 0 fully saturated rings. The maximum absolute atomic E-state index is 11.6. The summed E-state index contributed by atoms with van der Waals surface area (Å²) in [5.41, 5.74) is 0.840. The molecule has 0 spiro atoms. The number of hydrogen-bond acceptors (Lipinski definition) is 6. The van der Waals surface area contributed by atoms with Crippen molar-refractivity contribution in [3.05, 3.63) is 71.8 Å². The van der Waals surface area contributed by atoms with Crippen molar-refractivity contribution in [2.45, 2.75) is 26.7 Å². The van der Waals surface area contributed by atoms with E-state index in [9.17, 15) is 29.4 Å². The molecule has 0 amide bonds. The van der Waals surface area contributed by atoms with E-state index in [1.807, 2.05) is 0 Å². The van der Waals surface area contributed by atoms with Crippen molar-refractivity contribution in [3.8, 4) is 0 Å². The zero-order valence-electron chi connectivity index (χ0n) is 16.1. The van der Waals surface area contributed by atoms with Gasteiger partial charge in [0.15, 0.2) is 11.6 Å². The third-order valence-electron chi connectivity index (χ3n) is 4.14. The van der Waals surface area contributed by atoms with Crippen LogP contribution in [0.4, 0.5) is 0 Å². The number of carbonyl (C=O) groups excluding carboxylic acids is 4. The van der Waals surface area contributed by atoms with Crippen LogP contribution in [0.1, 0.15) is 47.4 Å². The number of carboxylic acid groups (broad SMARTS) is 2. The van der Waals surface area contributed by atoms with Gasteiger partial charge in [-0.05, 0) is 12.8 Å². The number of aliphatic carboxylic acids is 2. The van der Waals surface area contributed by atoms with E-state index in [2.05, 4.69) is 0 Å². The van der Waals surface area contributed by atoms with Crippen LogP contribution in [-0.2, 0) is 26.7 Å². The Morgan fingerprint density at radius 3 is 1.14 bits per heavy atom. The van der Waals surface area contributed by atoms with Gasteiger partial charge in [-0.15, -0.1) is 0 Å².